The van der Waals surface area contributed by atoms with Crippen LogP contribution >= 0.6 is 0 Å². The van der Waals surface area contributed by atoms with Crippen molar-refractivity contribution < 1.29 is 18.7 Å². The highest BCUT2D eigenvalue weighted by Crippen LogP contribution is 2.39. The summed E-state index contributed by atoms with van der Waals surface area (Å²) in [6.07, 6.45) is 2.50. The summed E-state index contributed by atoms with van der Waals surface area (Å²) in [5.74, 6) is 0.437. The van der Waals surface area contributed by atoms with Gasteiger partial charge in [-0.15, -0.1) is 0 Å². The second-order valence-electron chi connectivity index (χ2n) is 8.14. The predicted molar refractivity (Wildman–Crippen MR) is 122 cm³/mol. The smallest absolute Gasteiger partial charge is 0.152 e. The molecule has 1 saturated heterocycles. The fourth-order valence-corrected chi connectivity index (χ4v) is 4.43. The zero-order chi connectivity index (χ0) is 22.1. The van der Waals surface area contributed by atoms with Gasteiger partial charge in [0.15, 0.2) is 6.29 Å². The molecule has 5 rings (SSSR count). The van der Waals surface area contributed by atoms with Gasteiger partial charge in [0, 0.05) is 23.2 Å². The van der Waals surface area contributed by atoms with Gasteiger partial charge in [0.05, 0.1) is 17.3 Å². The molecule has 32 heavy (non-hydrogen) atoms. The number of ether oxygens (including phenoxy) is 2. The number of carbonyl (C=O) groups excluding carboxylic acids is 1. The zero-order valence-electron chi connectivity index (χ0n) is 17.9. The van der Waals surface area contributed by atoms with Crippen LogP contribution in [0.5, 0.6) is 5.75 Å². The molecule has 0 bridgehead atoms. The molecule has 0 spiro atoms. The average molecular weight is 429 g/mol. The van der Waals surface area contributed by atoms with Crippen molar-refractivity contribution in [3.8, 4) is 11.4 Å². The topological polar surface area (TPSA) is 40.5 Å². The number of hydrogen-bond donors (Lipinski definition) is 0. The first-order chi connectivity index (χ1) is 15.7. The van der Waals surface area contributed by atoms with Gasteiger partial charge >= 0.3 is 0 Å². The van der Waals surface area contributed by atoms with Crippen molar-refractivity contribution in [2.24, 2.45) is 0 Å². The van der Waals surface area contributed by atoms with Crippen molar-refractivity contribution >= 4 is 17.2 Å². The highest BCUT2D eigenvalue weighted by molar-refractivity contribution is 6.01. The quantitative estimate of drug-likeness (QED) is 0.337. The molecular formula is C27H24FNO3. The van der Waals surface area contributed by atoms with E-state index in [1.165, 1.54) is 6.07 Å². The maximum atomic E-state index is 14.0. The largest absolute Gasteiger partial charge is 0.489 e. The number of rotatable bonds is 6. The first-order valence-corrected chi connectivity index (χ1v) is 10.8. The molecule has 2 heterocycles. The summed E-state index contributed by atoms with van der Waals surface area (Å²) in [7, 11) is 0. The molecule has 1 atom stereocenters. The molecule has 162 valence electrons. The van der Waals surface area contributed by atoms with Crippen molar-refractivity contribution in [1.82, 2.24) is 4.57 Å². The third kappa shape index (κ3) is 3.69. The summed E-state index contributed by atoms with van der Waals surface area (Å²) in [6.45, 7) is 2.85. The van der Waals surface area contributed by atoms with E-state index in [0.717, 1.165) is 47.0 Å². The van der Waals surface area contributed by atoms with E-state index in [2.05, 4.69) is 0 Å². The number of aryl methyl sites for hydroxylation is 1. The van der Waals surface area contributed by atoms with E-state index >= 15 is 0 Å². The normalized spacial score (nSPS) is 15.9. The molecule has 1 unspecified atom stereocenters. The van der Waals surface area contributed by atoms with Crippen LogP contribution in [0.4, 0.5) is 4.39 Å². The molecule has 5 heteroatoms. The maximum Gasteiger partial charge on any atom is 0.152 e. The lowest BCUT2D eigenvalue weighted by atomic mass is 10.1. The molecule has 0 saturated carbocycles. The van der Waals surface area contributed by atoms with E-state index < -0.39 is 0 Å². The molecule has 0 N–H and O–H groups in total. The summed E-state index contributed by atoms with van der Waals surface area (Å²) >= 11 is 0. The Morgan fingerprint density at radius 1 is 1.12 bits per heavy atom. The van der Waals surface area contributed by atoms with Crippen LogP contribution in [0.25, 0.3) is 16.6 Å². The lowest BCUT2D eigenvalue weighted by Gasteiger charge is -2.17. The van der Waals surface area contributed by atoms with E-state index in [0.29, 0.717) is 30.1 Å². The molecule has 1 aromatic heterocycles. The van der Waals surface area contributed by atoms with Crippen molar-refractivity contribution in [2.75, 3.05) is 6.61 Å². The van der Waals surface area contributed by atoms with Gasteiger partial charge < -0.3 is 14.0 Å². The van der Waals surface area contributed by atoms with Crippen molar-refractivity contribution in [3.05, 3.63) is 94.9 Å². The minimum absolute atomic E-state index is 0.179. The molecule has 0 radical (unpaired) electrons. The van der Waals surface area contributed by atoms with Crippen molar-refractivity contribution in [1.29, 1.82) is 0 Å². The number of benzene rings is 3. The first kappa shape index (κ1) is 20.5. The van der Waals surface area contributed by atoms with Gasteiger partial charge in [-0.1, -0.05) is 30.3 Å². The van der Waals surface area contributed by atoms with Gasteiger partial charge in [-0.25, -0.2) is 4.39 Å². The highest BCUT2D eigenvalue weighted by Gasteiger charge is 2.28. The van der Waals surface area contributed by atoms with Crippen molar-refractivity contribution in [3.63, 3.8) is 0 Å². The minimum Gasteiger partial charge on any atom is -0.489 e. The Hall–Kier alpha value is -3.44. The standard InChI is InChI=1S/C27H24FNO3/c1-18-14-20(9-11-24(18)28)29-25-12-10-21(32-17-19-6-3-2-4-7-19)15-22(25)23(16-30)27(29)26-8-5-13-31-26/h2-4,6-7,9-12,14-16,26H,5,8,13,17H2,1H3. The van der Waals surface area contributed by atoms with Crippen LogP contribution in [0, 0.1) is 12.7 Å². The van der Waals surface area contributed by atoms with E-state index in [-0.39, 0.29) is 11.9 Å². The first-order valence-electron chi connectivity index (χ1n) is 10.8. The molecular weight excluding hydrogens is 405 g/mol. The number of halogens is 1. The van der Waals surface area contributed by atoms with Crippen LogP contribution in [0.15, 0.2) is 66.7 Å². The third-order valence-corrected chi connectivity index (χ3v) is 6.02. The van der Waals surface area contributed by atoms with Crippen LogP contribution < -0.4 is 4.74 Å². The third-order valence-electron chi connectivity index (χ3n) is 6.02. The van der Waals surface area contributed by atoms with Gasteiger partial charge in [0.2, 0.25) is 0 Å². The molecule has 0 amide bonds. The number of nitrogens with zero attached hydrogens (tertiary/aromatic N) is 1. The van der Waals surface area contributed by atoms with E-state index in [9.17, 15) is 9.18 Å². The van der Waals surface area contributed by atoms with Gasteiger partial charge in [-0.2, -0.15) is 0 Å². The number of aromatic nitrogens is 1. The van der Waals surface area contributed by atoms with Gasteiger partial charge in [-0.05, 0) is 67.3 Å². The fraction of sp³-hybridized carbons (Fsp3) is 0.222. The Bertz CT molecular complexity index is 1270. The predicted octanol–water partition coefficient (Wildman–Crippen LogP) is 6.32. The van der Waals surface area contributed by atoms with Crippen LogP contribution in [0.1, 0.15) is 46.1 Å². The number of aldehydes is 1. The van der Waals surface area contributed by atoms with Crippen molar-refractivity contribution in [2.45, 2.75) is 32.5 Å². The molecule has 0 aliphatic carbocycles. The maximum absolute atomic E-state index is 14.0. The zero-order valence-corrected chi connectivity index (χ0v) is 17.9. The average Bonchev–Trinajstić information content (AvgIpc) is 3.45. The lowest BCUT2D eigenvalue weighted by Crippen LogP contribution is -2.08. The van der Waals surface area contributed by atoms with Crippen LogP contribution in [0.2, 0.25) is 0 Å². The number of hydrogen-bond acceptors (Lipinski definition) is 3. The second-order valence-corrected chi connectivity index (χ2v) is 8.14. The second kappa shape index (κ2) is 8.60. The van der Waals surface area contributed by atoms with Gasteiger partial charge in [0.1, 0.15) is 18.2 Å². The Morgan fingerprint density at radius 2 is 1.97 bits per heavy atom. The fourth-order valence-electron chi connectivity index (χ4n) is 4.43. The van der Waals surface area contributed by atoms with E-state index in [1.807, 2.05) is 59.2 Å². The number of carbonyl (C=O) groups is 1. The summed E-state index contributed by atoms with van der Waals surface area (Å²) in [4.78, 5) is 12.3. The summed E-state index contributed by atoms with van der Waals surface area (Å²) < 4.78 is 28.0. The van der Waals surface area contributed by atoms with E-state index in [1.54, 1.807) is 13.0 Å². The summed E-state index contributed by atoms with van der Waals surface area (Å²) in [5.41, 5.74) is 4.72. The SMILES string of the molecule is Cc1cc(-n2c(C3CCCO3)c(C=O)c3cc(OCc4ccccc4)ccc32)ccc1F. The van der Waals surface area contributed by atoms with Gasteiger partial charge in [-0.3, -0.25) is 4.79 Å². The number of fused-ring (bicyclic) bond motifs is 1. The van der Waals surface area contributed by atoms with Crippen LogP contribution in [0.3, 0.4) is 0 Å². The molecule has 3 aromatic carbocycles. The molecule has 4 aromatic rings. The summed E-state index contributed by atoms with van der Waals surface area (Å²) in [5, 5.41) is 0.804. The summed E-state index contributed by atoms with van der Waals surface area (Å²) in [6, 6.07) is 20.7. The Balaban J connectivity index is 1.64. The molecule has 1 aliphatic rings. The Morgan fingerprint density at radius 3 is 2.69 bits per heavy atom. The minimum atomic E-state index is -0.254. The Kier molecular flexibility index (Phi) is 5.50. The molecule has 1 fully saturated rings. The Labute approximate surface area is 186 Å². The van der Waals surface area contributed by atoms with Crippen LogP contribution in [-0.4, -0.2) is 17.5 Å². The van der Waals surface area contributed by atoms with Crippen LogP contribution in [-0.2, 0) is 11.3 Å². The highest BCUT2D eigenvalue weighted by atomic mass is 19.1. The lowest BCUT2D eigenvalue weighted by molar-refractivity contribution is 0.103. The molecule has 1 aliphatic heterocycles. The molecule has 4 nitrogen and oxygen atoms in total. The monoisotopic (exact) mass is 429 g/mol. The van der Waals surface area contributed by atoms with E-state index in [4.69, 9.17) is 9.47 Å². The van der Waals surface area contributed by atoms with Gasteiger partial charge in [0.25, 0.3) is 0 Å².